The van der Waals surface area contributed by atoms with Crippen LogP contribution < -0.4 is 5.32 Å². The summed E-state index contributed by atoms with van der Waals surface area (Å²) in [5, 5.41) is 3.48. The minimum Gasteiger partial charge on any atom is -0.350 e. The SMILES string of the molecule is CCC(=O)N(Cc1ccc(F)cc1)[C@H](C(=O)NCc1ccccc1Cl)c1ccccc1. The van der Waals surface area contributed by atoms with Crippen molar-refractivity contribution in [3.8, 4) is 0 Å². The molecule has 0 saturated carbocycles. The van der Waals surface area contributed by atoms with Crippen molar-refractivity contribution in [2.75, 3.05) is 0 Å². The fourth-order valence-electron chi connectivity index (χ4n) is 3.34. The van der Waals surface area contributed by atoms with Crippen LogP contribution in [0.4, 0.5) is 4.39 Å². The second-order valence-corrected chi connectivity index (χ2v) is 7.53. The summed E-state index contributed by atoms with van der Waals surface area (Å²) in [4.78, 5) is 27.7. The van der Waals surface area contributed by atoms with Gasteiger partial charge in [-0.05, 0) is 34.9 Å². The number of hydrogen-bond donors (Lipinski definition) is 1. The topological polar surface area (TPSA) is 49.4 Å². The third-order valence-corrected chi connectivity index (χ3v) is 5.34. The van der Waals surface area contributed by atoms with Crippen molar-refractivity contribution in [1.82, 2.24) is 10.2 Å². The lowest BCUT2D eigenvalue weighted by Gasteiger charge is -2.31. The molecule has 0 unspecified atom stereocenters. The number of carbonyl (C=O) groups excluding carboxylic acids is 2. The maximum absolute atomic E-state index is 13.3. The molecule has 1 N–H and O–H groups in total. The Kier molecular flexibility index (Phi) is 7.79. The predicted molar refractivity (Wildman–Crippen MR) is 120 cm³/mol. The van der Waals surface area contributed by atoms with Crippen LogP contribution >= 0.6 is 11.6 Å². The Labute approximate surface area is 186 Å². The molecule has 0 aliphatic carbocycles. The number of halogens is 2. The summed E-state index contributed by atoms with van der Waals surface area (Å²) in [6.07, 6.45) is 0.238. The molecular formula is C25H24ClFN2O2. The van der Waals surface area contributed by atoms with E-state index in [1.807, 2.05) is 48.5 Å². The van der Waals surface area contributed by atoms with Crippen molar-refractivity contribution < 1.29 is 14.0 Å². The summed E-state index contributed by atoms with van der Waals surface area (Å²) in [6, 6.07) is 21.5. The van der Waals surface area contributed by atoms with Gasteiger partial charge < -0.3 is 10.2 Å². The van der Waals surface area contributed by atoms with Crippen LogP contribution in [0.25, 0.3) is 0 Å². The third-order valence-electron chi connectivity index (χ3n) is 4.98. The number of hydrogen-bond acceptors (Lipinski definition) is 2. The molecule has 0 saturated heterocycles. The Balaban J connectivity index is 1.91. The molecule has 3 rings (SSSR count). The molecule has 0 aliphatic rings. The summed E-state index contributed by atoms with van der Waals surface area (Å²) < 4.78 is 13.3. The highest BCUT2D eigenvalue weighted by Crippen LogP contribution is 2.25. The van der Waals surface area contributed by atoms with Crippen molar-refractivity contribution in [3.63, 3.8) is 0 Å². The summed E-state index contributed by atoms with van der Waals surface area (Å²) in [5.74, 6) is -0.838. The molecule has 0 aromatic heterocycles. The number of carbonyl (C=O) groups is 2. The second kappa shape index (κ2) is 10.7. The first-order valence-electron chi connectivity index (χ1n) is 10.1. The molecule has 3 aromatic rings. The number of amides is 2. The molecule has 0 heterocycles. The van der Waals surface area contributed by atoms with E-state index in [9.17, 15) is 14.0 Å². The summed E-state index contributed by atoms with van der Waals surface area (Å²) >= 11 is 6.21. The highest BCUT2D eigenvalue weighted by molar-refractivity contribution is 6.31. The van der Waals surface area contributed by atoms with E-state index in [4.69, 9.17) is 11.6 Å². The molecular weight excluding hydrogens is 415 g/mol. The van der Waals surface area contributed by atoms with Gasteiger partial charge in [-0.3, -0.25) is 9.59 Å². The Bertz CT molecular complexity index is 1030. The molecule has 2 amide bonds. The lowest BCUT2D eigenvalue weighted by Crippen LogP contribution is -2.43. The van der Waals surface area contributed by atoms with E-state index in [1.165, 1.54) is 17.0 Å². The average molecular weight is 439 g/mol. The van der Waals surface area contributed by atoms with Crippen molar-refractivity contribution in [1.29, 1.82) is 0 Å². The molecule has 4 nitrogen and oxygen atoms in total. The van der Waals surface area contributed by atoms with Crippen LogP contribution in [0.15, 0.2) is 78.9 Å². The van der Waals surface area contributed by atoms with Crippen molar-refractivity contribution in [2.45, 2.75) is 32.5 Å². The van der Waals surface area contributed by atoms with Gasteiger partial charge in [0.25, 0.3) is 0 Å². The standard InChI is InChI=1S/C25H24ClFN2O2/c1-2-23(30)29(17-18-12-14-21(27)15-13-18)24(19-8-4-3-5-9-19)25(31)28-16-20-10-6-7-11-22(20)26/h3-15,24H,2,16-17H2,1H3,(H,28,31)/t24-/m0/s1. The van der Waals surface area contributed by atoms with Crippen LogP contribution in [0, 0.1) is 5.82 Å². The van der Waals surface area contributed by atoms with Gasteiger partial charge in [0.2, 0.25) is 11.8 Å². The minimum absolute atomic E-state index is 0.175. The smallest absolute Gasteiger partial charge is 0.247 e. The van der Waals surface area contributed by atoms with Gasteiger partial charge >= 0.3 is 0 Å². The van der Waals surface area contributed by atoms with Gasteiger partial charge in [-0.1, -0.05) is 79.2 Å². The van der Waals surface area contributed by atoms with Crippen LogP contribution in [0.5, 0.6) is 0 Å². The Morgan fingerprint density at radius 1 is 0.968 bits per heavy atom. The number of nitrogens with one attached hydrogen (secondary N) is 1. The zero-order valence-corrected chi connectivity index (χ0v) is 18.0. The zero-order valence-electron chi connectivity index (χ0n) is 17.2. The Morgan fingerprint density at radius 2 is 1.61 bits per heavy atom. The normalized spacial score (nSPS) is 11.6. The summed E-state index contributed by atoms with van der Waals surface area (Å²) in [6.45, 7) is 2.18. The minimum atomic E-state index is -0.832. The van der Waals surface area contributed by atoms with E-state index in [1.54, 1.807) is 25.1 Å². The lowest BCUT2D eigenvalue weighted by molar-refractivity contribution is -0.141. The van der Waals surface area contributed by atoms with Crippen LogP contribution in [0.1, 0.15) is 36.1 Å². The third kappa shape index (κ3) is 5.92. The second-order valence-electron chi connectivity index (χ2n) is 7.12. The highest BCUT2D eigenvalue weighted by atomic mass is 35.5. The van der Waals surface area contributed by atoms with Crippen LogP contribution in [-0.4, -0.2) is 16.7 Å². The van der Waals surface area contributed by atoms with E-state index in [0.29, 0.717) is 10.6 Å². The largest absolute Gasteiger partial charge is 0.350 e. The molecule has 1 atom stereocenters. The predicted octanol–water partition coefficient (Wildman–Crippen LogP) is 5.28. The molecule has 6 heteroatoms. The average Bonchev–Trinajstić information content (AvgIpc) is 2.79. The van der Waals surface area contributed by atoms with Gasteiger partial charge in [-0.2, -0.15) is 0 Å². The van der Waals surface area contributed by atoms with Gasteiger partial charge in [-0.25, -0.2) is 4.39 Å². The zero-order chi connectivity index (χ0) is 22.2. The monoisotopic (exact) mass is 438 g/mol. The molecule has 3 aromatic carbocycles. The van der Waals surface area contributed by atoms with Crippen LogP contribution in [-0.2, 0) is 22.7 Å². The summed E-state index contributed by atoms with van der Waals surface area (Å²) in [5.41, 5.74) is 2.22. The Hall–Kier alpha value is -3.18. The highest BCUT2D eigenvalue weighted by Gasteiger charge is 2.30. The van der Waals surface area contributed by atoms with Gasteiger partial charge in [-0.15, -0.1) is 0 Å². The number of benzene rings is 3. The lowest BCUT2D eigenvalue weighted by atomic mass is 10.0. The van der Waals surface area contributed by atoms with Gasteiger partial charge in [0.05, 0.1) is 0 Å². The van der Waals surface area contributed by atoms with Crippen molar-refractivity contribution in [3.05, 3.63) is 106 Å². The van der Waals surface area contributed by atoms with E-state index in [0.717, 1.165) is 11.1 Å². The first kappa shape index (κ1) is 22.5. The van der Waals surface area contributed by atoms with Crippen molar-refractivity contribution >= 4 is 23.4 Å². The van der Waals surface area contributed by atoms with E-state index >= 15 is 0 Å². The van der Waals surface area contributed by atoms with Crippen LogP contribution in [0.2, 0.25) is 5.02 Å². The maximum atomic E-state index is 13.3. The quantitative estimate of drug-likeness (QED) is 0.520. The molecule has 0 radical (unpaired) electrons. The molecule has 0 fully saturated rings. The Morgan fingerprint density at radius 3 is 2.26 bits per heavy atom. The van der Waals surface area contributed by atoms with Gasteiger partial charge in [0, 0.05) is 24.5 Å². The number of rotatable bonds is 8. The molecule has 0 bridgehead atoms. The van der Waals surface area contributed by atoms with E-state index in [-0.39, 0.29) is 37.1 Å². The molecule has 160 valence electrons. The first-order valence-corrected chi connectivity index (χ1v) is 10.5. The summed E-state index contributed by atoms with van der Waals surface area (Å²) in [7, 11) is 0. The van der Waals surface area contributed by atoms with Gasteiger partial charge in [0.1, 0.15) is 11.9 Å². The van der Waals surface area contributed by atoms with E-state index < -0.39 is 6.04 Å². The maximum Gasteiger partial charge on any atom is 0.247 e. The van der Waals surface area contributed by atoms with Crippen molar-refractivity contribution in [2.24, 2.45) is 0 Å². The molecule has 31 heavy (non-hydrogen) atoms. The van der Waals surface area contributed by atoms with E-state index in [2.05, 4.69) is 5.32 Å². The fourth-order valence-corrected chi connectivity index (χ4v) is 3.54. The van der Waals surface area contributed by atoms with Gasteiger partial charge in [0.15, 0.2) is 0 Å². The molecule has 0 aliphatic heterocycles. The first-order chi connectivity index (χ1) is 15.0. The number of nitrogens with zero attached hydrogens (tertiary/aromatic N) is 1. The van der Waals surface area contributed by atoms with Crippen LogP contribution in [0.3, 0.4) is 0 Å². The fraction of sp³-hybridized carbons (Fsp3) is 0.200. The molecule has 0 spiro atoms.